The fourth-order valence-electron chi connectivity index (χ4n) is 4.54. The largest absolute Gasteiger partial charge is 0.481 e. The highest BCUT2D eigenvalue weighted by molar-refractivity contribution is 5.79. The predicted molar refractivity (Wildman–Crippen MR) is 102 cm³/mol. The Balaban J connectivity index is 1.55. The van der Waals surface area contributed by atoms with Gasteiger partial charge in [0.05, 0.1) is 5.92 Å². The lowest BCUT2D eigenvalue weighted by molar-refractivity contribution is -0.205. The Morgan fingerprint density at radius 3 is 2.13 bits per heavy atom. The van der Waals surface area contributed by atoms with E-state index >= 15 is 0 Å². The lowest BCUT2D eigenvalue weighted by Crippen LogP contribution is -2.57. The van der Waals surface area contributed by atoms with Crippen LogP contribution < -0.4 is 0 Å². The van der Waals surface area contributed by atoms with Crippen molar-refractivity contribution in [2.45, 2.75) is 31.0 Å². The highest BCUT2D eigenvalue weighted by atomic mass is 19.4. The van der Waals surface area contributed by atoms with E-state index in [0.29, 0.717) is 4.90 Å². The lowest BCUT2D eigenvalue weighted by Gasteiger charge is -2.39. The van der Waals surface area contributed by atoms with Gasteiger partial charge in [-0.3, -0.25) is 9.69 Å². The smallest absolute Gasteiger partial charge is 0.410 e. The first-order valence-electron chi connectivity index (χ1n) is 9.70. The van der Waals surface area contributed by atoms with Gasteiger partial charge in [0.2, 0.25) is 0 Å². The van der Waals surface area contributed by atoms with Crippen molar-refractivity contribution in [1.29, 1.82) is 0 Å². The minimum Gasteiger partial charge on any atom is -0.481 e. The SMILES string of the molecule is O=C(O)C1CCCN(C(=O)OCC2c3ccccc3-c3ccccc32)C1C(F)(F)F. The van der Waals surface area contributed by atoms with Crippen molar-refractivity contribution >= 4 is 12.1 Å². The second-order valence-corrected chi connectivity index (χ2v) is 7.57. The number of hydrogen-bond donors (Lipinski definition) is 1. The van der Waals surface area contributed by atoms with E-state index in [-0.39, 0.29) is 31.9 Å². The van der Waals surface area contributed by atoms with E-state index < -0.39 is 30.2 Å². The molecule has 1 heterocycles. The Hall–Kier alpha value is -3.03. The Labute approximate surface area is 171 Å². The number of benzene rings is 2. The van der Waals surface area contributed by atoms with Crippen LogP contribution in [0.1, 0.15) is 29.9 Å². The van der Waals surface area contributed by atoms with Crippen LogP contribution in [0.25, 0.3) is 11.1 Å². The van der Waals surface area contributed by atoms with Crippen LogP contribution in [0.5, 0.6) is 0 Å². The molecule has 8 heteroatoms. The molecule has 4 rings (SSSR count). The molecule has 30 heavy (non-hydrogen) atoms. The summed E-state index contributed by atoms with van der Waals surface area (Å²) in [6, 6.07) is 12.9. The zero-order valence-electron chi connectivity index (χ0n) is 15.9. The number of halogens is 3. The number of hydrogen-bond acceptors (Lipinski definition) is 3. The standard InChI is InChI=1S/C22H20F3NO4/c23-22(24,25)19-17(20(27)28)10-5-11-26(19)21(29)30-12-18-15-8-3-1-6-13(15)14-7-2-4-9-16(14)18/h1-4,6-9,17-19H,5,10-12H2,(H,27,28). The fraction of sp³-hybridized carbons (Fsp3) is 0.364. The van der Waals surface area contributed by atoms with Crippen LogP contribution >= 0.6 is 0 Å². The zero-order chi connectivity index (χ0) is 21.5. The Kier molecular flexibility index (Phi) is 5.17. The zero-order valence-corrected chi connectivity index (χ0v) is 15.9. The number of piperidine rings is 1. The molecule has 2 aromatic carbocycles. The molecule has 158 valence electrons. The summed E-state index contributed by atoms with van der Waals surface area (Å²) in [7, 11) is 0. The number of ether oxygens (including phenoxy) is 1. The van der Waals surface area contributed by atoms with Crippen molar-refractivity contribution in [2.24, 2.45) is 5.92 Å². The van der Waals surface area contributed by atoms with Crippen molar-refractivity contribution in [3.63, 3.8) is 0 Å². The summed E-state index contributed by atoms with van der Waals surface area (Å²) in [5.41, 5.74) is 3.90. The molecule has 1 aliphatic heterocycles. The summed E-state index contributed by atoms with van der Waals surface area (Å²) in [6.07, 6.45) is -5.94. The third kappa shape index (κ3) is 3.51. The van der Waals surface area contributed by atoms with Crippen LogP contribution in [0.2, 0.25) is 0 Å². The van der Waals surface area contributed by atoms with Crippen molar-refractivity contribution < 1.29 is 32.6 Å². The summed E-state index contributed by atoms with van der Waals surface area (Å²) in [6.45, 7) is -0.309. The van der Waals surface area contributed by atoms with Crippen LogP contribution in [-0.2, 0) is 9.53 Å². The van der Waals surface area contributed by atoms with Gasteiger partial charge in [-0.15, -0.1) is 0 Å². The fourth-order valence-corrected chi connectivity index (χ4v) is 4.54. The number of carbonyl (C=O) groups is 2. The molecular weight excluding hydrogens is 399 g/mol. The number of carboxylic acids is 1. The monoisotopic (exact) mass is 419 g/mol. The lowest BCUT2D eigenvalue weighted by atomic mass is 9.89. The van der Waals surface area contributed by atoms with Gasteiger partial charge in [-0.05, 0) is 35.1 Å². The second kappa shape index (κ2) is 7.66. The summed E-state index contributed by atoms with van der Waals surface area (Å²) < 4.78 is 46.1. The van der Waals surface area contributed by atoms with Gasteiger partial charge in [-0.2, -0.15) is 13.2 Å². The van der Waals surface area contributed by atoms with E-state index in [4.69, 9.17) is 4.74 Å². The van der Waals surface area contributed by atoms with Crippen molar-refractivity contribution in [3.05, 3.63) is 59.7 Å². The molecule has 0 spiro atoms. The van der Waals surface area contributed by atoms with E-state index in [1.54, 1.807) is 0 Å². The van der Waals surface area contributed by atoms with Gasteiger partial charge in [0.1, 0.15) is 12.6 Å². The normalized spacial score (nSPS) is 21.1. The molecule has 0 saturated carbocycles. The molecule has 0 aromatic heterocycles. The van der Waals surface area contributed by atoms with Gasteiger partial charge in [0.15, 0.2) is 0 Å². The van der Waals surface area contributed by atoms with Crippen LogP contribution in [0.15, 0.2) is 48.5 Å². The maximum absolute atomic E-state index is 13.6. The third-order valence-corrected chi connectivity index (χ3v) is 5.85. The molecule has 1 amide bonds. The first-order valence-corrected chi connectivity index (χ1v) is 9.70. The Morgan fingerprint density at radius 1 is 1.03 bits per heavy atom. The minimum atomic E-state index is -4.85. The van der Waals surface area contributed by atoms with E-state index in [9.17, 15) is 27.9 Å². The van der Waals surface area contributed by atoms with Crippen LogP contribution in [0.3, 0.4) is 0 Å². The van der Waals surface area contributed by atoms with Crippen LogP contribution in [0.4, 0.5) is 18.0 Å². The van der Waals surface area contributed by atoms with E-state index in [1.807, 2.05) is 48.5 Å². The van der Waals surface area contributed by atoms with Crippen molar-refractivity contribution in [1.82, 2.24) is 4.90 Å². The number of fused-ring (bicyclic) bond motifs is 3. The Bertz CT molecular complexity index is 929. The number of nitrogens with zero attached hydrogens (tertiary/aromatic N) is 1. The van der Waals surface area contributed by atoms with Crippen LogP contribution in [-0.4, -0.2) is 47.4 Å². The van der Waals surface area contributed by atoms with Crippen LogP contribution in [0, 0.1) is 5.92 Å². The van der Waals surface area contributed by atoms with Gasteiger partial charge < -0.3 is 9.84 Å². The van der Waals surface area contributed by atoms with E-state index in [2.05, 4.69) is 0 Å². The molecule has 2 unspecified atom stereocenters. The minimum absolute atomic E-state index is 0.119. The molecule has 1 N–H and O–H groups in total. The maximum atomic E-state index is 13.6. The molecular formula is C22H20F3NO4. The summed E-state index contributed by atoms with van der Waals surface area (Å²) in [4.78, 5) is 24.5. The summed E-state index contributed by atoms with van der Waals surface area (Å²) in [5.74, 6) is -3.54. The van der Waals surface area contributed by atoms with Crippen molar-refractivity contribution in [2.75, 3.05) is 13.2 Å². The average Bonchev–Trinajstić information content (AvgIpc) is 3.04. The maximum Gasteiger partial charge on any atom is 0.410 e. The van der Waals surface area contributed by atoms with Gasteiger partial charge in [0, 0.05) is 12.5 Å². The van der Waals surface area contributed by atoms with Crippen molar-refractivity contribution in [3.8, 4) is 11.1 Å². The first-order chi connectivity index (χ1) is 14.3. The number of carbonyl (C=O) groups excluding carboxylic acids is 1. The number of alkyl halides is 3. The summed E-state index contributed by atoms with van der Waals surface area (Å²) in [5, 5.41) is 9.21. The second-order valence-electron chi connectivity index (χ2n) is 7.57. The first kappa shape index (κ1) is 20.3. The quantitative estimate of drug-likeness (QED) is 0.786. The molecule has 1 aliphatic carbocycles. The Morgan fingerprint density at radius 2 is 1.60 bits per heavy atom. The topological polar surface area (TPSA) is 66.8 Å². The number of carboxylic acid groups (broad SMARTS) is 1. The number of aliphatic carboxylic acids is 1. The number of amides is 1. The molecule has 5 nitrogen and oxygen atoms in total. The van der Waals surface area contributed by atoms with Gasteiger partial charge in [0.25, 0.3) is 0 Å². The highest BCUT2D eigenvalue weighted by Crippen LogP contribution is 2.44. The average molecular weight is 419 g/mol. The summed E-state index contributed by atoms with van der Waals surface area (Å²) >= 11 is 0. The number of rotatable bonds is 3. The number of likely N-dealkylation sites (tertiary alicyclic amines) is 1. The highest BCUT2D eigenvalue weighted by Gasteiger charge is 2.54. The predicted octanol–water partition coefficient (Wildman–Crippen LogP) is 4.66. The van der Waals surface area contributed by atoms with Gasteiger partial charge in [-0.1, -0.05) is 48.5 Å². The molecule has 1 fully saturated rings. The third-order valence-electron chi connectivity index (χ3n) is 5.85. The molecule has 1 saturated heterocycles. The molecule has 0 radical (unpaired) electrons. The molecule has 2 aliphatic rings. The van der Waals surface area contributed by atoms with E-state index in [0.717, 1.165) is 22.3 Å². The van der Waals surface area contributed by atoms with E-state index in [1.165, 1.54) is 0 Å². The molecule has 2 atom stereocenters. The van der Waals surface area contributed by atoms with Gasteiger partial charge >= 0.3 is 18.2 Å². The van der Waals surface area contributed by atoms with Gasteiger partial charge in [-0.25, -0.2) is 4.79 Å². The molecule has 2 aromatic rings. The molecule has 0 bridgehead atoms.